The van der Waals surface area contributed by atoms with Crippen molar-refractivity contribution in [3.05, 3.63) is 0 Å². The van der Waals surface area contributed by atoms with Gasteiger partial charge < -0.3 is 10.4 Å². The first-order valence-electron chi connectivity index (χ1n) is 7.92. The highest BCUT2D eigenvalue weighted by molar-refractivity contribution is 5.74. The largest absolute Gasteiger partial charge is 0.481 e. The molecule has 1 saturated carbocycles. The van der Waals surface area contributed by atoms with E-state index in [1.807, 2.05) is 13.8 Å². The van der Waals surface area contributed by atoms with Crippen molar-refractivity contribution in [3.63, 3.8) is 0 Å². The summed E-state index contributed by atoms with van der Waals surface area (Å²) in [5.74, 6) is 0.890. The van der Waals surface area contributed by atoms with Crippen molar-refractivity contribution in [1.82, 2.24) is 5.32 Å². The molecule has 0 radical (unpaired) electrons. The van der Waals surface area contributed by atoms with Crippen LogP contribution in [0.25, 0.3) is 0 Å². The predicted octanol–water partition coefficient (Wildman–Crippen LogP) is 3.68. The maximum atomic E-state index is 11.5. The smallest absolute Gasteiger partial charge is 0.310 e. The molecule has 0 saturated heterocycles. The number of carboxylic acid groups (broad SMARTS) is 1. The van der Waals surface area contributed by atoms with E-state index in [1.54, 1.807) is 0 Å². The van der Waals surface area contributed by atoms with Crippen molar-refractivity contribution < 1.29 is 9.90 Å². The molecule has 1 fully saturated rings. The van der Waals surface area contributed by atoms with Crippen LogP contribution in [0.4, 0.5) is 0 Å². The van der Waals surface area contributed by atoms with Crippen LogP contribution in [-0.4, -0.2) is 23.7 Å². The van der Waals surface area contributed by atoms with Gasteiger partial charge in [0.15, 0.2) is 0 Å². The lowest BCUT2D eigenvalue weighted by Crippen LogP contribution is -2.45. The highest BCUT2D eigenvalue weighted by Gasteiger charge is 2.35. The Hall–Kier alpha value is -0.570. The van der Waals surface area contributed by atoms with E-state index >= 15 is 0 Å². The first-order valence-corrected chi connectivity index (χ1v) is 7.92. The molecule has 19 heavy (non-hydrogen) atoms. The van der Waals surface area contributed by atoms with Crippen LogP contribution in [0.15, 0.2) is 0 Å². The minimum absolute atomic E-state index is 0.512. The van der Waals surface area contributed by atoms with Gasteiger partial charge in [0, 0.05) is 12.6 Å². The minimum atomic E-state index is -0.652. The second kappa shape index (κ2) is 7.28. The molecule has 1 aliphatic carbocycles. The fourth-order valence-corrected chi connectivity index (χ4v) is 3.24. The van der Waals surface area contributed by atoms with Crippen molar-refractivity contribution in [2.75, 3.05) is 6.54 Å². The highest BCUT2D eigenvalue weighted by Crippen LogP contribution is 2.31. The molecule has 0 aliphatic heterocycles. The van der Waals surface area contributed by atoms with Gasteiger partial charge in [-0.2, -0.15) is 0 Å². The van der Waals surface area contributed by atoms with Crippen LogP contribution in [0.1, 0.15) is 66.2 Å². The molecule has 112 valence electrons. The van der Waals surface area contributed by atoms with E-state index in [1.165, 1.54) is 25.7 Å². The molecular formula is C16H31NO2. The fraction of sp³-hybridized carbons (Fsp3) is 0.938. The van der Waals surface area contributed by atoms with Crippen LogP contribution in [0.2, 0.25) is 0 Å². The van der Waals surface area contributed by atoms with Crippen LogP contribution >= 0.6 is 0 Å². The summed E-state index contributed by atoms with van der Waals surface area (Å²) in [6, 6.07) is 0.512. The number of carbonyl (C=O) groups is 1. The molecule has 0 aromatic rings. The van der Waals surface area contributed by atoms with Crippen molar-refractivity contribution >= 4 is 5.97 Å². The standard InChI is InChI=1S/C16H31NO2/c1-5-16(6-2,15(18)19)11-17-14-9-7-8-13(10-14)12(3)4/h12-14,17H,5-11H2,1-4H3,(H,18,19). The summed E-state index contributed by atoms with van der Waals surface area (Å²) in [5, 5.41) is 13.0. The second-order valence-electron chi connectivity index (χ2n) is 6.54. The number of hydrogen-bond donors (Lipinski definition) is 2. The Morgan fingerprint density at radius 3 is 2.42 bits per heavy atom. The van der Waals surface area contributed by atoms with E-state index < -0.39 is 11.4 Å². The Bertz CT molecular complexity index is 284. The first kappa shape index (κ1) is 16.5. The first-order chi connectivity index (χ1) is 8.95. The van der Waals surface area contributed by atoms with Crippen molar-refractivity contribution in [2.45, 2.75) is 72.3 Å². The van der Waals surface area contributed by atoms with Crippen molar-refractivity contribution in [1.29, 1.82) is 0 Å². The molecule has 0 spiro atoms. The number of carboxylic acids is 1. The van der Waals surface area contributed by atoms with E-state index in [9.17, 15) is 9.90 Å². The summed E-state index contributed by atoms with van der Waals surface area (Å²) in [6.07, 6.45) is 6.42. The lowest BCUT2D eigenvalue weighted by molar-refractivity contribution is -0.149. The van der Waals surface area contributed by atoms with Crippen LogP contribution in [0.5, 0.6) is 0 Å². The molecule has 2 unspecified atom stereocenters. The summed E-state index contributed by atoms with van der Waals surface area (Å²) in [4.78, 5) is 11.5. The molecule has 0 aromatic carbocycles. The zero-order chi connectivity index (χ0) is 14.5. The molecule has 2 N–H and O–H groups in total. The molecule has 3 nitrogen and oxygen atoms in total. The Labute approximate surface area is 118 Å². The predicted molar refractivity (Wildman–Crippen MR) is 79.2 cm³/mol. The lowest BCUT2D eigenvalue weighted by Gasteiger charge is -2.35. The molecule has 1 aliphatic rings. The molecular weight excluding hydrogens is 238 g/mol. The number of nitrogens with one attached hydrogen (secondary N) is 1. The van der Waals surface area contributed by atoms with Gasteiger partial charge in [-0.05, 0) is 37.5 Å². The molecule has 2 atom stereocenters. The Balaban J connectivity index is 2.52. The number of rotatable bonds is 7. The third-order valence-corrected chi connectivity index (χ3v) is 5.19. The van der Waals surface area contributed by atoms with Gasteiger partial charge >= 0.3 is 5.97 Å². The summed E-state index contributed by atoms with van der Waals surface area (Å²) < 4.78 is 0. The molecule has 1 rings (SSSR count). The van der Waals surface area contributed by atoms with Gasteiger partial charge in [0.25, 0.3) is 0 Å². The molecule has 3 heteroatoms. The van der Waals surface area contributed by atoms with Gasteiger partial charge in [0.05, 0.1) is 5.41 Å². The normalized spacial score (nSPS) is 24.7. The average Bonchev–Trinajstić information content (AvgIpc) is 2.40. The average molecular weight is 269 g/mol. The fourth-order valence-electron chi connectivity index (χ4n) is 3.24. The van der Waals surface area contributed by atoms with Crippen molar-refractivity contribution in [2.24, 2.45) is 17.3 Å². The van der Waals surface area contributed by atoms with Gasteiger partial charge in [0.2, 0.25) is 0 Å². The van der Waals surface area contributed by atoms with Crippen LogP contribution < -0.4 is 5.32 Å². The highest BCUT2D eigenvalue weighted by atomic mass is 16.4. The van der Waals surface area contributed by atoms with Gasteiger partial charge in [-0.15, -0.1) is 0 Å². The zero-order valence-corrected chi connectivity index (χ0v) is 13.0. The Kier molecular flexibility index (Phi) is 6.31. The molecule has 0 bridgehead atoms. The summed E-state index contributed by atoms with van der Waals surface area (Å²) in [5.41, 5.74) is -0.579. The quantitative estimate of drug-likeness (QED) is 0.741. The zero-order valence-electron chi connectivity index (χ0n) is 13.0. The molecule has 0 heterocycles. The van der Waals surface area contributed by atoms with E-state index in [0.29, 0.717) is 25.4 Å². The molecule has 0 aromatic heterocycles. The maximum Gasteiger partial charge on any atom is 0.310 e. The maximum absolute atomic E-state index is 11.5. The Morgan fingerprint density at radius 2 is 1.95 bits per heavy atom. The van der Waals surface area contributed by atoms with Gasteiger partial charge in [-0.25, -0.2) is 0 Å². The lowest BCUT2D eigenvalue weighted by atomic mass is 9.78. The second-order valence-corrected chi connectivity index (χ2v) is 6.54. The van der Waals surface area contributed by atoms with Gasteiger partial charge in [-0.3, -0.25) is 4.79 Å². The summed E-state index contributed by atoms with van der Waals surface area (Å²) in [7, 11) is 0. The van der Waals surface area contributed by atoms with E-state index in [4.69, 9.17) is 0 Å². The number of hydrogen-bond acceptors (Lipinski definition) is 2. The van der Waals surface area contributed by atoms with E-state index in [-0.39, 0.29) is 0 Å². The van der Waals surface area contributed by atoms with Crippen LogP contribution in [0.3, 0.4) is 0 Å². The topological polar surface area (TPSA) is 49.3 Å². The number of aliphatic carboxylic acids is 1. The van der Waals surface area contributed by atoms with Crippen molar-refractivity contribution in [3.8, 4) is 0 Å². The summed E-state index contributed by atoms with van der Waals surface area (Å²) in [6.45, 7) is 9.18. The van der Waals surface area contributed by atoms with Gasteiger partial charge in [0.1, 0.15) is 0 Å². The Morgan fingerprint density at radius 1 is 1.32 bits per heavy atom. The molecule has 0 amide bonds. The third kappa shape index (κ3) is 4.20. The minimum Gasteiger partial charge on any atom is -0.481 e. The third-order valence-electron chi connectivity index (χ3n) is 5.19. The van der Waals surface area contributed by atoms with Gasteiger partial charge in [-0.1, -0.05) is 40.5 Å². The summed E-state index contributed by atoms with van der Waals surface area (Å²) >= 11 is 0. The monoisotopic (exact) mass is 269 g/mol. The van der Waals surface area contributed by atoms with Crippen LogP contribution in [-0.2, 0) is 4.79 Å². The van der Waals surface area contributed by atoms with Crippen LogP contribution in [0, 0.1) is 17.3 Å². The van der Waals surface area contributed by atoms with E-state index in [2.05, 4.69) is 19.2 Å². The van der Waals surface area contributed by atoms with E-state index in [0.717, 1.165) is 11.8 Å². The SMILES string of the molecule is CCC(CC)(CNC1CCCC(C(C)C)C1)C(=O)O.